The van der Waals surface area contributed by atoms with Crippen LogP contribution in [0.15, 0.2) is 0 Å². The van der Waals surface area contributed by atoms with Gasteiger partial charge in [0.1, 0.15) is 0 Å². The molecule has 0 aromatic rings. The third-order valence-electron chi connectivity index (χ3n) is 4.23. The highest BCUT2D eigenvalue weighted by molar-refractivity contribution is 5.78. The summed E-state index contributed by atoms with van der Waals surface area (Å²) in [7, 11) is 0. The fraction of sp³-hybridized carbons (Fsp3) is 0.941. The molecule has 1 rings (SSSR count). The Morgan fingerprint density at radius 3 is 2.67 bits per heavy atom. The maximum absolute atomic E-state index is 12.2. The number of carbonyl (C=O) groups is 1. The summed E-state index contributed by atoms with van der Waals surface area (Å²) in [6, 6.07) is 0.827. The summed E-state index contributed by atoms with van der Waals surface area (Å²) < 4.78 is 0. The van der Waals surface area contributed by atoms with E-state index in [0.29, 0.717) is 18.6 Å². The molecule has 0 spiro atoms. The van der Waals surface area contributed by atoms with E-state index in [1.165, 1.54) is 12.8 Å². The van der Waals surface area contributed by atoms with Crippen molar-refractivity contribution in [1.29, 1.82) is 0 Å². The third kappa shape index (κ3) is 7.82. The second kappa shape index (κ2) is 10.2. The Hall–Kier alpha value is -0.610. The number of hydrogen-bond acceptors (Lipinski definition) is 3. The van der Waals surface area contributed by atoms with Crippen molar-refractivity contribution >= 4 is 5.91 Å². The van der Waals surface area contributed by atoms with Crippen molar-refractivity contribution in [2.75, 3.05) is 26.2 Å². The Morgan fingerprint density at radius 1 is 1.33 bits per heavy atom. The standard InChI is InChI=1S/C17H35N3O/c1-5-11-20(16-9-10-18-12-16)13-17(21)19-15(4)8-6-7-14(2)3/h14-16,18H,5-13H2,1-4H3,(H,19,21). The highest BCUT2D eigenvalue weighted by Gasteiger charge is 2.23. The van der Waals surface area contributed by atoms with Crippen LogP contribution in [-0.4, -0.2) is 49.1 Å². The molecule has 124 valence electrons. The maximum Gasteiger partial charge on any atom is 0.234 e. The zero-order chi connectivity index (χ0) is 15.7. The molecule has 1 aliphatic heterocycles. The summed E-state index contributed by atoms with van der Waals surface area (Å²) in [6.45, 7) is 12.5. The van der Waals surface area contributed by atoms with Crippen LogP contribution in [0.1, 0.15) is 59.8 Å². The van der Waals surface area contributed by atoms with Crippen LogP contribution in [0.5, 0.6) is 0 Å². The van der Waals surface area contributed by atoms with Gasteiger partial charge in [0.05, 0.1) is 6.54 Å². The topological polar surface area (TPSA) is 44.4 Å². The van der Waals surface area contributed by atoms with Gasteiger partial charge in [-0.05, 0) is 45.2 Å². The number of hydrogen-bond donors (Lipinski definition) is 2. The van der Waals surface area contributed by atoms with Crippen molar-refractivity contribution in [3.63, 3.8) is 0 Å². The van der Waals surface area contributed by atoms with Crippen LogP contribution < -0.4 is 10.6 Å². The van der Waals surface area contributed by atoms with E-state index in [1.807, 2.05) is 0 Å². The molecular formula is C17H35N3O. The lowest BCUT2D eigenvalue weighted by atomic mass is 10.0. The molecule has 0 saturated carbocycles. The number of nitrogens with zero attached hydrogens (tertiary/aromatic N) is 1. The van der Waals surface area contributed by atoms with Gasteiger partial charge in [0.2, 0.25) is 5.91 Å². The largest absolute Gasteiger partial charge is 0.353 e. The zero-order valence-corrected chi connectivity index (χ0v) is 14.5. The van der Waals surface area contributed by atoms with Crippen LogP contribution in [-0.2, 0) is 4.79 Å². The summed E-state index contributed by atoms with van der Waals surface area (Å²) in [5.41, 5.74) is 0. The van der Waals surface area contributed by atoms with E-state index in [1.54, 1.807) is 0 Å². The molecule has 4 heteroatoms. The summed E-state index contributed by atoms with van der Waals surface area (Å²) >= 11 is 0. The molecule has 21 heavy (non-hydrogen) atoms. The lowest BCUT2D eigenvalue weighted by molar-refractivity contribution is -0.123. The molecule has 0 aromatic heterocycles. The van der Waals surface area contributed by atoms with Gasteiger partial charge >= 0.3 is 0 Å². The van der Waals surface area contributed by atoms with Crippen LogP contribution in [0, 0.1) is 5.92 Å². The second-order valence-electron chi connectivity index (χ2n) is 6.91. The molecule has 1 saturated heterocycles. The lowest BCUT2D eigenvalue weighted by Gasteiger charge is -2.28. The quantitative estimate of drug-likeness (QED) is 0.651. The molecule has 1 heterocycles. The molecule has 1 fully saturated rings. The van der Waals surface area contributed by atoms with E-state index in [9.17, 15) is 4.79 Å². The molecule has 2 N–H and O–H groups in total. The minimum atomic E-state index is 0.187. The minimum absolute atomic E-state index is 0.187. The first-order valence-corrected chi connectivity index (χ1v) is 8.77. The van der Waals surface area contributed by atoms with E-state index < -0.39 is 0 Å². The van der Waals surface area contributed by atoms with Crippen molar-refractivity contribution in [2.24, 2.45) is 5.92 Å². The lowest BCUT2D eigenvalue weighted by Crippen LogP contribution is -2.46. The van der Waals surface area contributed by atoms with E-state index >= 15 is 0 Å². The molecule has 4 nitrogen and oxygen atoms in total. The van der Waals surface area contributed by atoms with Gasteiger partial charge in [-0.2, -0.15) is 0 Å². The fourth-order valence-electron chi connectivity index (χ4n) is 3.04. The van der Waals surface area contributed by atoms with Crippen LogP contribution in [0.25, 0.3) is 0 Å². The van der Waals surface area contributed by atoms with Crippen molar-refractivity contribution < 1.29 is 4.79 Å². The van der Waals surface area contributed by atoms with E-state index in [2.05, 4.69) is 43.2 Å². The van der Waals surface area contributed by atoms with Crippen molar-refractivity contribution in [3.8, 4) is 0 Å². The summed E-state index contributed by atoms with van der Waals surface area (Å²) in [5.74, 6) is 0.940. The van der Waals surface area contributed by atoms with Gasteiger partial charge in [0.25, 0.3) is 0 Å². The van der Waals surface area contributed by atoms with Gasteiger partial charge in [-0.25, -0.2) is 0 Å². The third-order valence-corrected chi connectivity index (χ3v) is 4.23. The van der Waals surface area contributed by atoms with Gasteiger partial charge in [-0.3, -0.25) is 9.69 Å². The Kier molecular flexibility index (Phi) is 8.93. The Balaban J connectivity index is 2.28. The number of amides is 1. The average molecular weight is 297 g/mol. The number of nitrogens with one attached hydrogen (secondary N) is 2. The fourth-order valence-corrected chi connectivity index (χ4v) is 3.04. The predicted octanol–water partition coefficient (Wildman–Crippen LogP) is 2.39. The molecule has 0 radical (unpaired) electrons. The van der Waals surface area contributed by atoms with E-state index in [-0.39, 0.29) is 5.91 Å². The normalized spacial score (nSPS) is 20.2. The molecule has 1 amide bonds. The summed E-state index contributed by atoms with van der Waals surface area (Å²) in [6.07, 6.45) is 5.80. The SMILES string of the molecule is CCCN(CC(=O)NC(C)CCCC(C)C)C1CCNC1. The van der Waals surface area contributed by atoms with Gasteiger partial charge in [-0.1, -0.05) is 33.6 Å². The van der Waals surface area contributed by atoms with Crippen LogP contribution in [0.4, 0.5) is 0 Å². The average Bonchev–Trinajstić information content (AvgIpc) is 2.91. The maximum atomic E-state index is 12.2. The van der Waals surface area contributed by atoms with Gasteiger partial charge in [-0.15, -0.1) is 0 Å². The summed E-state index contributed by atoms with van der Waals surface area (Å²) in [4.78, 5) is 14.6. The van der Waals surface area contributed by atoms with Crippen molar-refractivity contribution in [2.45, 2.75) is 71.9 Å². The van der Waals surface area contributed by atoms with Crippen LogP contribution >= 0.6 is 0 Å². The van der Waals surface area contributed by atoms with Gasteiger partial charge in [0.15, 0.2) is 0 Å². The molecule has 0 bridgehead atoms. The highest BCUT2D eigenvalue weighted by Crippen LogP contribution is 2.10. The second-order valence-corrected chi connectivity index (χ2v) is 6.91. The Bertz CT molecular complexity index is 288. The molecule has 2 unspecified atom stereocenters. The monoisotopic (exact) mass is 297 g/mol. The predicted molar refractivity (Wildman–Crippen MR) is 89.4 cm³/mol. The molecular weight excluding hydrogens is 262 g/mol. The minimum Gasteiger partial charge on any atom is -0.353 e. The first-order chi connectivity index (χ1) is 10.0. The molecule has 1 aliphatic rings. The van der Waals surface area contributed by atoms with Crippen molar-refractivity contribution in [1.82, 2.24) is 15.5 Å². The molecule has 0 aromatic carbocycles. The summed E-state index contributed by atoms with van der Waals surface area (Å²) in [5, 5.41) is 6.56. The molecule has 2 atom stereocenters. The number of rotatable bonds is 10. The smallest absolute Gasteiger partial charge is 0.234 e. The Morgan fingerprint density at radius 2 is 2.10 bits per heavy atom. The zero-order valence-electron chi connectivity index (χ0n) is 14.5. The van der Waals surface area contributed by atoms with Gasteiger partial charge < -0.3 is 10.6 Å². The molecule has 0 aliphatic carbocycles. The first-order valence-electron chi connectivity index (χ1n) is 8.77. The van der Waals surface area contributed by atoms with E-state index in [0.717, 1.165) is 44.8 Å². The first kappa shape index (κ1) is 18.4. The highest BCUT2D eigenvalue weighted by atomic mass is 16.2. The van der Waals surface area contributed by atoms with Crippen LogP contribution in [0.3, 0.4) is 0 Å². The van der Waals surface area contributed by atoms with Crippen molar-refractivity contribution in [3.05, 3.63) is 0 Å². The van der Waals surface area contributed by atoms with Crippen LogP contribution in [0.2, 0.25) is 0 Å². The number of carbonyl (C=O) groups excluding carboxylic acids is 1. The van der Waals surface area contributed by atoms with E-state index in [4.69, 9.17) is 0 Å². The van der Waals surface area contributed by atoms with Gasteiger partial charge in [0, 0.05) is 18.6 Å². The Labute approximate surface area is 131 Å².